The van der Waals surface area contributed by atoms with Gasteiger partial charge in [-0.2, -0.15) is 26.3 Å². The number of halogens is 7. The van der Waals surface area contributed by atoms with E-state index in [0.29, 0.717) is 30.2 Å². The maximum atomic E-state index is 14.1. The zero-order chi connectivity index (χ0) is 26.9. The third-order valence-corrected chi connectivity index (χ3v) is 8.43. The Morgan fingerprint density at radius 3 is 2.03 bits per heavy atom. The Balaban J connectivity index is 1.57. The van der Waals surface area contributed by atoms with E-state index >= 15 is 0 Å². The Hall–Kier alpha value is -2.72. The molecule has 1 aromatic heterocycles. The summed E-state index contributed by atoms with van der Waals surface area (Å²) in [6.07, 6.45) is -7.88. The average molecular weight is 558 g/mol. The van der Waals surface area contributed by atoms with Gasteiger partial charge in [0.25, 0.3) is 0 Å². The molecule has 1 heterocycles. The van der Waals surface area contributed by atoms with Gasteiger partial charge in [0.15, 0.2) is 11.6 Å². The van der Waals surface area contributed by atoms with Crippen molar-refractivity contribution >= 4 is 34.5 Å². The van der Waals surface area contributed by atoms with E-state index in [2.05, 4.69) is 4.98 Å². The highest BCUT2D eigenvalue weighted by atomic mass is 35.5. The molecule has 2 saturated carbocycles. The fraction of sp³-hybridized carbons (Fsp3) is 0.346. The van der Waals surface area contributed by atoms with E-state index in [-0.39, 0.29) is 45.2 Å². The molecule has 1 unspecified atom stereocenters. The lowest BCUT2D eigenvalue weighted by Crippen LogP contribution is -2.35. The summed E-state index contributed by atoms with van der Waals surface area (Å²) in [5, 5.41) is -0.428. The number of Topliss-reactive ketones (excluding diaryl/α,β-unsaturated/α-hetero) is 2. The van der Waals surface area contributed by atoms with Gasteiger partial charge < -0.3 is 0 Å². The first-order chi connectivity index (χ1) is 17.3. The number of benzene rings is 2. The molecule has 194 valence electrons. The molecule has 2 aliphatic rings. The molecule has 11 heteroatoms. The number of hydrogen-bond acceptors (Lipinski definition) is 4. The highest BCUT2D eigenvalue weighted by Gasteiger charge is 2.49. The van der Waals surface area contributed by atoms with Crippen LogP contribution in [0, 0.1) is 18.8 Å². The summed E-state index contributed by atoms with van der Waals surface area (Å²) < 4.78 is 82.1. The second-order valence-corrected chi connectivity index (χ2v) is 11.0. The van der Waals surface area contributed by atoms with Gasteiger partial charge in [-0.3, -0.25) is 9.59 Å². The van der Waals surface area contributed by atoms with Crippen LogP contribution in [0.2, 0.25) is 5.02 Å². The van der Waals surface area contributed by atoms with Gasteiger partial charge >= 0.3 is 12.4 Å². The number of nitrogens with zero attached hydrogens (tertiary/aromatic N) is 1. The fourth-order valence-corrected chi connectivity index (χ4v) is 6.42. The van der Waals surface area contributed by atoms with Crippen LogP contribution in [0.5, 0.6) is 0 Å². The van der Waals surface area contributed by atoms with Gasteiger partial charge in [-0.1, -0.05) is 29.8 Å². The molecule has 3 aromatic rings. The van der Waals surface area contributed by atoms with Gasteiger partial charge in [-0.05, 0) is 55.5 Å². The summed E-state index contributed by atoms with van der Waals surface area (Å²) in [6, 6.07) is 5.86. The first-order valence-electron chi connectivity index (χ1n) is 11.4. The van der Waals surface area contributed by atoms with Crippen molar-refractivity contribution in [3.63, 3.8) is 0 Å². The Labute approximate surface area is 216 Å². The van der Waals surface area contributed by atoms with Gasteiger partial charge in [0.05, 0.1) is 21.8 Å². The van der Waals surface area contributed by atoms with Crippen molar-refractivity contribution in [2.75, 3.05) is 0 Å². The smallest absolute Gasteiger partial charge is 0.298 e. The molecular weight excluding hydrogens is 540 g/mol. The molecule has 2 bridgehead atoms. The lowest BCUT2D eigenvalue weighted by atomic mass is 9.77. The first-order valence-corrected chi connectivity index (χ1v) is 12.6. The minimum atomic E-state index is -4.88. The van der Waals surface area contributed by atoms with Crippen LogP contribution in [0.1, 0.15) is 46.9 Å². The Morgan fingerprint density at radius 1 is 0.865 bits per heavy atom. The van der Waals surface area contributed by atoms with Crippen molar-refractivity contribution < 1.29 is 35.9 Å². The lowest BCUT2D eigenvalue weighted by Gasteiger charge is -2.24. The predicted molar refractivity (Wildman–Crippen MR) is 126 cm³/mol. The maximum Gasteiger partial charge on any atom is 0.417 e. The SMILES string of the molecule is Cc1sc(-c2ccc(-c3ccc(Cl)c(C(F)(F)F)c3)c(C(F)(F)F)c2)nc1C1C(=O)[C@@H]2CC[C@@H](C2)C1=O. The number of aryl methyl sites for hydroxylation is 1. The van der Waals surface area contributed by atoms with Crippen LogP contribution < -0.4 is 0 Å². The predicted octanol–water partition coefficient (Wildman–Crippen LogP) is 8.13. The Kier molecular flexibility index (Phi) is 6.26. The summed E-state index contributed by atoms with van der Waals surface area (Å²) in [5.74, 6) is -1.78. The summed E-state index contributed by atoms with van der Waals surface area (Å²) in [6.45, 7) is 1.67. The Morgan fingerprint density at radius 2 is 1.43 bits per heavy atom. The van der Waals surface area contributed by atoms with Crippen molar-refractivity contribution in [3.8, 4) is 21.7 Å². The van der Waals surface area contributed by atoms with Crippen molar-refractivity contribution in [2.24, 2.45) is 11.8 Å². The first kappa shape index (κ1) is 25.9. The van der Waals surface area contributed by atoms with Crippen molar-refractivity contribution in [3.05, 3.63) is 63.1 Å². The van der Waals surface area contributed by atoms with Gasteiger partial charge in [-0.25, -0.2) is 4.98 Å². The van der Waals surface area contributed by atoms with Crippen LogP contribution in [-0.4, -0.2) is 16.6 Å². The summed E-state index contributed by atoms with van der Waals surface area (Å²) >= 11 is 6.70. The van der Waals surface area contributed by atoms with Crippen LogP contribution in [0.3, 0.4) is 0 Å². The molecule has 5 rings (SSSR count). The van der Waals surface area contributed by atoms with Gasteiger partial charge in [0.1, 0.15) is 10.9 Å². The monoisotopic (exact) mass is 557 g/mol. The molecule has 2 aromatic carbocycles. The van der Waals surface area contributed by atoms with Gasteiger partial charge in [-0.15, -0.1) is 11.3 Å². The van der Waals surface area contributed by atoms with E-state index in [1.807, 2.05) is 0 Å². The standard InChI is InChI=1S/C26H18ClF6NO2S/c1-11-21(20-22(35)13-2-3-14(8-13)23(20)36)34-24(37-11)15-4-6-16(17(10-15)25(28,29)30)12-5-7-19(27)18(9-12)26(31,32)33/h4-7,9-10,13-14,20H,2-3,8H2,1H3/t13-,14+,20?. The van der Waals surface area contributed by atoms with E-state index in [1.54, 1.807) is 6.92 Å². The molecule has 3 atom stereocenters. The third kappa shape index (κ3) is 4.58. The van der Waals surface area contributed by atoms with Crippen molar-refractivity contribution in [1.82, 2.24) is 4.98 Å². The number of ketones is 2. The van der Waals surface area contributed by atoms with E-state index in [0.717, 1.165) is 35.6 Å². The Bertz CT molecular complexity index is 1410. The van der Waals surface area contributed by atoms with E-state index in [9.17, 15) is 35.9 Å². The van der Waals surface area contributed by atoms with Crippen LogP contribution in [-0.2, 0) is 21.9 Å². The highest BCUT2D eigenvalue weighted by Crippen LogP contribution is 2.47. The largest absolute Gasteiger partial charge is 0.417 e. The van der Waals surface area contributed by atoms with E-state index in [4.69, 9.17) is 11.6 Å². The third-order valence-electron chi connectivity index (χ3n) is 7.07. The number of aromatic nitrogens is 1. The zero-order valence-corrected chi connectivity index (χ0v) is 20.7. The molecule has 3 nitrogen and oxygen atoms in total. The lowest BCUT2D eigenvalue weighted by molar-refractivity contribution is -0.138. The van der Waals surface area contributed by atoms with E-state index in [1.165, 1.54) is 6.07 Å². The quantitative estimate of drug-likeness (QED) is 0.241. The molecule has 0 spiro atoms. The molecular formula is C26H18ClF6NO2S. The molecule has 0 aliphatic heterocycles. The van der Waals surface area contributed by atoms with E-state index < -0.39 is 40.0 Å². The van der Waals surface area contributed by atoms with Crippen LogP contribution in [0.25, 0.3) is 21.7 Å². The number of hydrogen-bond donors (Lipinski definition) is 0. The maximum absolute atomic E-state index is 14.1. The van der Waals surface area contributed by atoms with Crippen LogP contribution in [0.15, 0.2) is 36.4 Å². The zero-order valence-electron chi connectivity index (χ0n) is 19.1. The van der Waals surface area contributed by atoms with Crippen LogP contribution in [0.4, 0.5) is 26.3 Å². The summed E-state index contributed by atoms with van der Waals surface area (Å²) in [5.41, 5.74) is -2.75. The molecule has 0 radical (unpaired) electrons. The molecule has 0 amide bonds. The molecule has 37 heavy (non-hydrogen) atoms. The number of alkyl halides is 6. The van der Waals surface area contributed by atoms with Crippen molar-refractivity contribution in [1.29, 1.82) is 0 Å². The number of fused-ring (bicyclic) bond motifs is 2. The minimum Gasteiger partial charge on any atom is -0.298 e. The van der Waals surface area contributed by atoms with Gasteiger partial charge in [0.2, 0.25) is 0 Å². The topological polar surface area (TPSA) is 47.0 Å². The molecule has 0 saturated heterocycles. The second kappa shape index (κ2) is 8.94. The number of carbonyl (C=O) groups excluding carboxylic acids is 2. The minimum absolute atomic E-state index is 0.0825. The number of thiazole rings is 1. The summed E-state index contributed by atoms with van der Waals surface area (Å²) in [7, 11) is 0. The normalized spacial score (nSPS) is 22.1. The molecule has 0 N–H and O–H groups in total. The number of carbonyl (C=O) groups is 2. The average Bonchev–Trinajstić information content (AvgIpc) is 3.43. The van der Waals surface area contributed by atoms with Crippen molar-refractivity contribution in [2.45, 2.75) is 44.5 Å². The molecule has 2 fully saturated rings. The van der Waals surface area contributed by atoms with Crippen LogP contribution >= 0.6 is 22.9 Å². The second-order valence-electron chi connectivity index (χ2n) is 9.36. The fourth-order valence-electron chi connectivity index (χ4n) is 5.25. The number of rotatable bonds is 3. The van der Waals surface area contributed by atoms with Gasteiger partial charge in [0, 0.05) is 22.3 Å². The summed E-state index contributed by atoms with van der Waals surface area (Å²) in [4.78, 5) is 30.8. The highest BCUT2D eigenvalue weighted by molar-refractivity contribution is 7.15. The molecule has 2 aliphatic carbocycles.